The molecule has 0 amide bonds. The summed E-state index contributed by atoms with van der Waals surface area (Å²) in [4.78, 5) is 1.58. The van der Waals surface area contributed by atoms with E-state index in [1.54, 1.807) is 18.0 Å². The summed E-state index contributed by atoms with van der Waals surface area (Å²) in [5.41, 5.74) is 1.63. The van der Waals surface area contributed by atoms with Gasteiger partial charge in [-0.05, 0) is 24.5 Å². The minimum absolute atomic E-state index is 0.0936. The van der Waals surface area contributed by atoms with Gasteiger partial charge in [-0.3, -0.25) is 0 Å². The first-order valence-electron chi connectivity index (χ1n) is 6.65. The third-order valence-electron chi connectivity index (χ3n) is 3.34. The van der Waals surface area contributed by atoms with Gasteiger partial charge in [-0.15, -0.1) is 0 Å². The number of benzene rings is 1. The molecule has 0 saturated heterocycles. The molecule has 0 heterocycles. The van der Waals surface area contributed by atoms with E-state index in [-0.39, 0.29) is 6.54 Å². The van der Waals surface area contributed by atoms with Crippen LogP contribution in [0.4, 0.5) is 18.9 Å². The van der Waals surface area contributed by atoms with Crippen LogP contribution in [0, 0.1) is 0 Å². The largest absolute Gasteiger partial charge is 0.390 e. The lowest BCUT2D eigenvalue weighted by atomic mass is 10.1. The van der Waals surface area contributed by atoms with Crippen LogP contribution in [0.15, 0.2) is 18.2 Å². The number of para-hydroxylation sites is 1. The highest BCUT2D eigenvalue weighted by Gasteiger charge is 2.28. The number of rotatable bonds is 6. The van der Waals surface area contributed by atoms with Crippen molar-refractivity contribution in [2.75, 3.05) is 18.5 Å². The van der Waals surface area contributed by atoms with Crippen molar-refractivity contribution in [3.63, 3.8) is 0 Å². The Morgan fingerprint density at radius 3 is 2.65 bits per heavy atom. The van der Waals surface area contributed by atoms with Crippen LogP contribution in [0.2, 0.25) is 5.02 Å². The monoisotopic (exact) mass is 306 g/mol. The molecule has 0 spiro atoms. The molecule has 6 heteroatoms. The summed E-state index contributed by atoms with van der Waals surface area (Å²) in [6.07, 6.45) is -2.66. The molecule has 2 rings (SSSR count). The van der Waals surface area contributed by atoms with E-state index in [9.17, 15) is 13.2 Å². The SMILES string of the molecule is CN(CCC(F)(F)F)c1c(Cl)cccc1CNC1CC1. The van der Waals surface area contributed by atoms with Crippen LogP contribution in [0.3, 0.4) is 0 Å². The minimum Gasteiger partial charge on any atom is -0.373 e. The molecular weight excluding hydrogens is 289 g/mol. The van der Waals surface area contributed by atoms with Gasteiger partial charge in [0.15, 0.2) is 0 Å². The van der Waals surface area contributed by atoms with E-state index in [2.05, 4.69) is 5.32 Å². The summed E-state index contributed by atoms with van der Waals surface area (Å²) >= 11 is 6.15. The quantitative estimate of drug-likeness (QED) is 0.855. The van der Waals surface area contributed by atoms with Crippen molar-refractivity contribution in [3.05, 3.63) is 28.8 Å². The zero-order valence-corrected chi connectivity index (χ0v) is 12.1. The molecule has 112 valence electrons. The van der Waals surface area contributed by atoms with Gasteiger partial charge in [0.1, 0.15) is 0 Å². The van der Waals surface area contributed by atoms with Gasteiger partial charge in [-0.1, -0.05) is 23.7 Å². The van der Waals surface area contributed by atoms with E-state index in [0.717, 1.165) is 5.56 Å². The molecule has 20 heavy (non-hydrogen) atoms. The highest BCUT2D eigenvalue weighted by molar-refractivity contribution is 6.33. The molecule has 1 aliphatic rings. The molecule has 1 saturated carbocycles. The summed E-state index contributed by atoms with van der Waals surface area (Å²) in [6.45, 7) is 0.542. The molecule has 1 aromatic carbocycles. The molecule has 2 nitrogen and oxygen atoms in total. The highest BCUT2D eigenvalue weighted by atomic mass is 35.5. The molecule has 1 aromatic rings. The predicted molar refractivity (Wildman–Crippen MR) is 75.3 cm³/mol. The Bertz CT molecular complexity index is 458. The second kappa shape index (κ2) is 6.22. The standard InChI is InChI=1S/C14H18ClF3N2/c1-20(8-7-14(16,17)18)13-10(3-2-4-12(13)15)9-19-11-5-6-11/h2-4,11,19H,5-9H2,1H3. The molecule has 1 fully saturated rings. The Balaban J connectivity index is 2.06. The average molecular weight is 307 g/mol. The number of nitrogens with one attached hydrogen (secondary N) is 1. The minimum atomic E-state index is -4.15. The molecular formula is C14H18ClF3N2. The van der Waals surface area contributed by atoms with Crippen LogP contribution in [-0.2, 0) is 6.54 Å². The zero-order chi connectivity index (χ0) is 14.8. The number of halogens is 4. The van der Waals surface area contributed by atoms with Gasteiger partial charge in [-0.2, -0.15) is 13.2 Å². The third kappa shape index (κ3) is 4.56. The van der Waals surface area contributed by atoms with Gasteiger partial charge in [0.2, 0.25) is 0 Å². The number of alkyl halides is 3. The zero-order valence-electron chi connectivity index (χ0n) is 11.3. The van der Waals surface area contributed by atoms with Crippen LogP contribution in [0.25, 0.3) is 0 Å². The second-order valence-corrected chi connectivity index (χ2v) is 5.60. The molecule has 0 unspecified atom stereocenters. The smallest absolute Gasteiger partial charge is 0.373 e. The molecule has 1 N–H and O–H groups in total. The summed E-state index contributed by atoms with van der Waals surface area (Å²) in [5, 5.41) is 3.85. The summed E-state index contributed by atoms with van der Waals surface area (Å²) in [7, 11) is 1.65. The van der Waals surface area contributed by atoms with Crippen molar-refractivity contribution in [2.24, 2.45) is 0 Å². The predicted octanol–water partition coefficient (Wildman–Crippen LogP) is 3.98. The van der Waals surface area contributed by atoms with Crippen molar-refractivity contribution < 1.29 is 13.2 Å². The lowest BCUT2D eigenvalue weighted by Gasteiger charge is -2.24. The maximum atomic E-state index is 12.3. The Kier molecular flexibility index (Phi) is 4.81. The first-order valence-corrected chi connectivity index (χ1v) is 7.03. The van der Waals surface area contributed by atoms with Crippen LogP contribution >= 0.6 is 11.6 Å². The number of nitrogens with zero attached hydrogens (tertiary/aromatic N) is 1. The average Bonchev–Trinajstić information content (AvgIpc) is 3.16. The van der Waals surface area contributed by atoms with Crippen molar-refractivity contribution in [1.29, 1.82) is 0 Å². The molecule has 0 bridgehead atoms. The number of anilines is 1. The Labute approximate surface area is 121 Å². The topological polar surface area (TPSA) is 15.3 Å². The summed E-state index contributed by atoms with van der Waals surface area (Å²) < 4.78 is 37.0. The Morgan fingerprint density at radius 1 is 1.35 bits per heavy atom. The van der Waals surface area contributed by atoms with Crippen molar-refractivity contribution >= 4 is 17.3 Å². The van der Waals surface area contributed by atoms with E-state index in [1.165, 1.54) is 12.8 Å². The molecule has 0 aromatic heterocycles. The fourth-order valence-corrected chi connectivity index (χ4v) is 2.42. The maximum absolute atomic E-state index is 12.3. The second-order valence-electron chi connectivity index (χ2n) is 5.19. The first-order chi connectivity index (χ1) is 9.37. The number of hydrogen-bond donors (Lipinski definition) is 1. The van der Waals surface area contributed by atoms with Gasteiger partial charge in [-0.25, -0.2) is 0 Å². The molecule has 0 radical (unpaired) electrons. The van der Waals surface area contributed by atoms with Gasteiger partial charge in [0.25, 0.3) is 0 Å². The molecule has 1 aliphatic carbocycles. The molecule has 0 aliphatic heterocycles. The van der Waals surface area contributed by atoms with E-state index in [4.69, 9.17) is 11.6 Å². The van der Waals surface area contributed by atoms with E-state index < -0.39 is 12.6 Å². The third-order valence-corrected chi connectivity index (χ3v) is 3.65. The van der Waals surface area contributed by atoms with Crippen LogP contribution in [-0.4, -0.2) is 25.8 Å². The normalized spacial score (nSPS) is 15.4. The lowest BCUT2D eigenvalue weighted by Crippen LogP contribution is -2.26. The van der Waals surface area contributed by atoms with Crippen molar-refractivity contribution in [3.8, 4) is 0 Å². The summed E-state index contributed by atoms with van der Waals surface area (Å²) in [6, 6.07) is 5.98. The van der Waals surface area contributed by atoms with Crippen molar-refractivity contribution in [2.45, 2.75) is 38.0 Å². The van der Waals surface area contributed by atoms with Crippen molar-refractivity contribution in [1.82, 2.24) is 5.32 Å². The van der Waals surface area contributed by atoms with E-state index in [0.29, 0.717) is 23.3 Å². The van der Waals surface area contributed by atoms with Gasteiger partial charge < -0.3 is 10.2 Å². The molecule has 0 atom stereocenters. The first kappa shape index (κ1) is 15.4. The highest BCUT2D eigenvalue weighted by Crippen LogP contribution is 2.31. The summed E-state index contributed by atoms with van der Waals surface area (Å²) in [5.74, 6) is 0. The Morgan fingerprint density at radius 2 is 2.05 bits per heavy atom. The van der Waals surface area contributed by atoms with E-state index >= 15 is 0 Å². The van der Waals surface area contributed by atoms with Crippen LogP contribution < -0.4 is 10.2 Å². The van der Waals surface area contributed by atoms with Gasteiger partial charge in [0.05, 0.1) is 17.1 Å². The van der Waals surface area contributed by atoms with Crippen LogP contribution in [0.5, 0.6) is 0 Å². The van der Waals surface area contributed by atoms with Gasteiger partial charge >= 0.3 is 6.18 Å². The van der Waals surface area contributed by atoms with Crippen LogP contribution in [0.1, 0.15) is 24.8 Å². The Hall–Kier alpha value is -0.940. The number of hydrogen-bond acceptors (Lipinski definition) is 2. The fraction of sp³-hybridized carbons (Fsp3) is 0.571. The fourth-order valence-electron chi connectivity index (χ4n) is 2.08. The maximum Gasteiger partial charge on any atom is 0.390 e. The van der Waals surface area contributed by atoms with Gasteiger partial charge in [0, 0.05) is 26.2 Å². The lowest BCUT2D eigenvalue weighted by molar-refractivity contribution is -0.132. The van der Waals surface area contributed by atoms with E-state index in [1.807, 2.05) is 12.1 Å².